The minimum Gasteiger partial charge on any atom is -0.435 e. The van der Waals surface area contributed by atoms with Gasteiger partial charge in [-0.1, -0.05) is 30.3 Å². The van der Waals surface area contributed by atoms with Gasteiger partial charge in [0.05, 0.1) is 4.90 Å². The number of rotatable bonds is 9. The highest BCUT2D eigenvalue weighted by Gasteiger charge is 2.15. The van der Waals surface area contributed by atoms with Gasteiger partial charge >= 0.3 is 6.61 Å². The quantitative estimate of drug-likeness (QED) is 0.519. The summed E-state index contributed by atoms with van der Waals surface area (Å²) in [5, 5.41) is 2.74. The van der Waals surface area contributed by atoms with Gasteiger partial charge in [-0.3, -0.25) is 9.52 Å². The Labute approximate surface area is 178 Å². The first kappa shape index (κ1) is 22.2. The van der Waals surface area contributed by atoms with Gasteiger partial charge in [0.25, 0.3) is 15.9 Å². The van der Waals surface area contributed by atoms with Crippen molar-refractivity contribution < 1.29 is 26.7 Å². The maximum Gasteiger partial charge on any atom is 0.387 e. The second-order valence-electron chi connectivity index (χ2n) is 6.52. The Balaban J connectivity index is 1.53. The number of sulfonamides is 1. The van der Waals surface area contributed by atoms with Gasteiger partial charge in [0.2, 0.25) is 0 Å². The van der Waals surface area contributed by atoms with E-state index in [1.807, 2.05) is 0 Å². The lowest BCUT2D eigenvalue weighted by Gasteiger charge is -2.09. The van der Waals surface area contributed by atoms with Crippen LogP contribution in [0.1, 0.15) is 15.9 Å². The largest absolute Gasteiger partial charge is 0.435 e. The Morgan fingerprint density at radius 3 is 2.16 bits per heavy atom. The van der Waals surface area contributed by atoms with E-state index in [1.165, 1.54) is 36.4 Å². The number of hydrogen-bond acceptors (Lipinski definition) is 4. The molecule has 0 bridgehead atoms. The van der Waals surface area contributed by atoms with Crippen molar-refractivity contribution in [3.63, 3.8) is 0 Å². The standard InChI is InChI=1S/C22H20F2N2O4S/c23-22(24)30-19-10-6-16(7-11-19)14-15-25-21(27)17-8-12-20(13-9-17)31(28,29)26-18-4-2-1-3-5-18/h1-13,22,26H,14-15H2,(H,25,27). The molecule has 3 aromatic rings. The zero-order valence-electron chi connectivity index (χ0n) is 16.3. The van der Waals surface area contributed by atoms with Gasteiger partial charge in [-0.15, -0.1) is 0 Å². The molecule has 1 amide bonds. The number of benzene rings is 3. The summed E-state index contributed by atoms with van der Waals surface area (Å²) in [6.07, 6.45) is 0.494. The molecule has 0 radical (unpaired) electrons. The SMILES string of the molecule is O=C(NCCc1ccc(OC(F)F)cc1)c1ccc(S(=O)(=O)Nc2ccccc2)cc1. The maximum absolute atomic E-state index is 12.4. The first-order valence-electron chi connectivity index (χ1n) is 9.33. The number of hydrogen-bond donors (Lipinski definition) is 2. The van der Waals surface area contributed by atoms with Crippen molar-refractivity contribution in [1.29, 1.82) is 0 Å². The molecule has 6 nitrogen and oxygen atoms in total. The molecule has 3 rings (SSSR count). The first-order chi connectivity index (χ1) is 14.8. The molecule has 162 valence electrons. The van der Waals surface area contributed by atoms with Crippen LogP contribution in [-0.2, 0) is 16.4 Å². The average Bonchev–Trinajstić information content (AvgIpc) is 2.75. The lowest BCUT2D eigenvalue weighted by atomic mass is 10.1. The number of amides is 1. The molecule has 3 aromatic carbocycles. The van der Waals surface area contributed by atoms with E-state index in [1.54, 1.807) is 42.5 Å². The fourth-order valence-electron chi connectivity index (χ4n) is 2.77. The van der Waals surface area contributed by atoms with Crippen LogP contribution in [0.3, 0.4) is 0 Å². The molecule has 0 aliphatic heterocycles. The number of carbonyl (C=O) groups is 1. The second kappa shape index (κ2) is 10.0. The molecular weight excluding hydrogens is 426 g/mol. The van der Waals surface area contributed by atoms with Gasteiger partial charge in [0.15, 0.2) is 0 Å². The van der Waals surface area contributed by atoms with E-state index in [4.69, 9.17) is 0 Å². The second-order valence-corrected chi connectivity index (χ2v) is 8.21. The molecule has 0 heterocycles. The summed E-state index contributed by atoms with van der Waals surface area (Å²) in [5.41, 5.74) is 1.60. The number of carbonyl (C=O) groups excluding carboxylic acids is 1. The van der Waals surface area contributed by atoms with Gasteiger partial charge in [-0.2, -0.15) is 8.78 Å². The fourth-order valence-corrected chi connectivity index (χ4v) is 3.82. The minimum atomic E-state index is -3.76. The van der Waals surface area contributed by atoms with E-state index in [0.29, 0.717) is 24.2 Å². The highest BCUT2D eigenvalue weighted by atomic mass is 32.2. The Bertz CT molecular complexity index is 1100. The summed E-state index contributed by atoms with van der Waals surface area (Å²) >= 11 is 0. The van der Waals surface area contributed by atoms with Crippen LogP contribution in [0.2, 0.25) is 0 Å². The van der Waals surface area contributed by atoms with Crippen LogP contribution in [0.5, 0.6) is 5.75 Å². The molecular formula is C22H20F2N2O4S. The van der Waals surface area contributed by atoms with Crippen LogP contribution in [0.25, 0.3) is 0 Å². The maximum atomic E-state index is 12.4. The van der Waals surface area contributed by atoms with Crippen LogP contribution in [-0.4, -0.2) is 27.5 Å². The molecule has 0 fully saturated rings. The summed E-state index contributed by atoms with van der Waals surface area (Å²) in [4.78, 5) is 12.3. The van der Waals surface area contributed by atoms with Gasteiger partial charge in [-0.05, 0) is 60.5 Å². The Morgan fingerprint density at radius 2 is 1.55 bits per heavy atom. The molecule has 0 saturated heterocycles. The monoisotopic (exact) mass is 446 g/mol. The molecule has 0 spiro atoms. The van der Waals surface area contributed by atoms with Crippen LogP contribution in [0.4, 0.5) is 14.5 Å². The topological polar surface area (TPSA) is 84.5 Å². The van der Waals surface area contributed by atoms with Crippen molar-refractivity contribution in [2.75, 3.05) is 11.3 Å². The lowest BCUT2D eigenvalue weighted by molar-refractivity contribution is -0.0498. The number of halogens is 2. The number of nitrogens with one attached hydrogen (secondary N) is 2. The van der Waals surface area contributed by atoms with Gasteiger partial charge < -0.3 is 10.1 Å². The third-order valence-corrected chi connectivity index (χ3v) is 5.70. The molecule has 0 unspecified atom stereocenters. The molecule has 0 saturated carbocycles. The van der Waals surface area contributed by atoms with E-state index in [9.17, 15) is 22.0 Å². The summed E-state index contributed by atoms with van der Waals surface area (Å²) in [6, 6.07) is 20.2. The van der Waals surface area contributed by atoms with Crippen LogP contribution in [0, 0.1) is 0 Å². The van der Waals surface area contributed by atoms with Crippen molar-refractivity contribution in [1.82, 2.24) is 5.32 Å². The predicted octanol–water partition coefficient (Wildman–Crippen LogP) is 4.06. The lowest BCUT2D eigenvalue weighted by Crippen LogP contribution is -2.25. The van der Waals surface area contributed by atoms with E-state index >= 15 is 0 Å². The van der Waals surface area contributed by atoms with E-state index in [0.717, 1.165) is 5.56 Å². The van der Waals surface area contributed by atoms with E-state index < -0.39 is 16.6 Å². The average molecular weight is 446 g/mol. The van der Waals surface area contributed by atoms with E-state index in [2.05, 4.69) is 14.8 Å². The molecule has 0 aliphatic carbocycles. The van der Waals surface area contributed by atoms with Crippen molar-refractivity contribution in [2.24, 2.45) is 0 Å². The normalized spacial score (nSPS) is 11.2. The Kier molecular flexibility index (Phi) is 7.19. The first-order valence-corrected chi connectivity index (χ1v) is 10.8. The minimum absolute atomic E-state index is 0.0407. The summed E-state index contributed by atoms with van der Waals surface area (Å²) in [7, 11) is -3.76. The van der Waals surface area contributed by atoms with Crippen molar-refractivity contribution in [2.45, 2.75) is 17.9 Å². The highest BCUT2D eigenvalue weighted by Crippen LogP contribution is 2.17. The zero-order chi connectivity index (χ0) is 22.3. The summed E-state index contributed by atoms with van der Waals surface area (Å²) < 4.78 is 55.9. The summed E-state index contributed by atoms with van der Waals surface area (Å²) in [6.45, 7) is -2.55. The van der Waals surface area contributed by atoms with Gasteiger partial charge in [0.1, 0.15) is 5.75 Å². The molecule has 0 atom stereocenters. The number of para-hydroxylation sites is 1. The molecule has 9 heteroatoms. The van der Waals surface area contributed by atoms with Crippen molar-refractivity contribution in [3.05, 3.63) is 90.0 Å². The Morgan fingerprint density at radius 1 is 0.903 bits per heavy atom. The third-order valence-electron chi connectivity index (χ3n) is 4.30. The van der Waals surface area contributed by atoms with Gasteiger partial charge in [-0.25, -0.2) is 8.42 Å². The van der Waals surface area contributed by atoms with E-state index in [-0.39, 0.29) is 16.6 Å². The number of anilines is 1. The highest BCUT2D eigenvalue weighted by molar-refractivity contribution is 7.92. The smallest absolute Gasteiger partial charge is 0.387 e. The molecule has 31 heavy (non-hydrogen) atoms. The molecule has 0 aliphatic rings. The zero-order valence-corrected chi connectivity index (χ0v) is 17.1. The van der Waals surface area contributed by atoms with Crippen molar-refractivity contribution in [3.8, 4) is 5.75 Å². The fraction of sp³-hybridized carbons (Fsp3) is 0.136. The van der Waals surface area contributed by atoms with Crippen LogP contribution >= 0.6 is 0 Å². The summed E-state index contributed by atoms with van der Waals surface area (Å²) in [5.74, 6) is -0.280. The van der Waals surface area contributed by atoms with Gasteiger partial charge in [0, 0.05) is 17.8 Å². The van der Waals surface area contributed by atoms with Crippen LogP contribution < -0.4 is 14.8 Å². The molecule has 2 N–H and O–H groups in total. The Hall–Kier alpha value is -3.46. The third kappa shape index (κ3) is 6.51. The number of ether oxygens (including phenoxy) is 1. The van der Waals surface area contributed by atoms with Crippen LogP contribution in [0.15, 0.2) is 83.8 Å². The molecule has 0 aromatic heterocycles. The predicted molar refractivity (Wildman–Crippen MR) is 113 cm³/mol. The van der Waals surface area contributed by atoms with Crippen molar-refractivity contribution >= 4 is 21.6 Å². The number of alkyl halides is 2.